The van der Waals surface area contributed by atoms with Crippen LogP contribution in [0.1, 0.15) is 21.0 Å². The summed E-state index contributed by atoms with van der Waals surface area (Å²) in [5.41, 5.74) is 1.87. The molecule has 0 spiro atoms. The van der Waals surface area contributed by atoms with Crippen molar-refractivity contribution in [2.75, 3.05) is 83.4 Å². The molecule has 4 aromatic heterocycles. The van der Waals surface area contributed by atoms with E-state index in [4.69, 9.17) is 9.84 Å². The molecule has 0 aromatic carbocycles. The highest BCUT2D eigenvalue weighted by Gasteiger charge is 2.20. The summed E-state index contributed by atoms with van der Waals surface area (Å²) in [7, 11) is 5.61. The van der Waals surface area contributed by atoms with E-state index < -0.39 is 11.9 Å². The van der Waals surface area contributed by atoms with Crippen LogP contribution < -0.4 is 9.80 Å². The number of methoxy groups -OCH3 is 1. The first kappa shape index (κ1) is 26.4. The second kappa shape index (κ2) is 11.3. The van der Waals surface area contributed by atoms with Crippen LogP contribution >= 0.6 is 0 Å². The molecule has 0 aliphatic carbocycles. The number of carboxylic acids is 1. The van der Waals surface area contributed by atoms with Crippen LogP contribution in [0.3, 0.4) is 0 Å². The Kier molecular flexibility index (Phi) is 7.66. The lowest BCUT2D eigenvalue weighted by Crippen LogP contribution is -2.45. The summed E-state index contributed by atoms with van der Waals surface area (Å²) in [5, 5.41) is 9.03. The zero-order valence-corrected chi connectivity index (χ0v) is 22.5. The normalized spacial score (nSPS) is 16.8. The molecule has 2 saturated heterocycles. The van der Waals surface area contributed by atoms with E-state index in [0.717, 1.165) is 69.6 Å². The van der Waals surface area contributed by atoms with Crippen LogP contribution in [0.4, 0.5) is 11.6 Å². The summed E-state index contributed by atoms with van der Waals surface area (Å²) in [6.45, 7) is 7.92. The number of piperazine rings is 2. The highest BCUT2D eigenvalue weighted by Crippen LogP contribution is 2.20. The van der Waals surface area contributed by atoms with Gasteiger partial charge in [0.1, 0.15) is 22.9 Å². The number of hydrogen-bond acceptors (Lipinski definition) is 9. The number of carbonyl (C=O) groups excluding carboxylic acids is 1. The topological polar surface area (TPSA) is 111 Å². The van der Waals surface area contributed by atoms with Crippen LogP contribution in [0, 0.1) is 0 Å². The van der Waals surface area contributed by atoms with Gasteiger partial charge in [-0.15, -0.1) is 0 Å². The van der Waals surface area contributed by atoms with Crippen molar-refractivity contribution in [1.29, 1.82) is 0 Å². The number of ether oxygens (including phenoxy) is 1. The molecular weight excluding hydrogens is 500 g/mol. The van der Waals surface area contributed by atoms with Crippen molar-refractivity contribution in [1.82, 2.24) is 28.6 Å². The van der Waals surface area contributed by atoms with Gasteiger partial charge in [0, 0.05) is 64.8 Å². The Hall–Kier alpha value is -4.16. The predicted molar refractivity (Wildman–Crippen MR) is 148 cm³/mol. The molecule has 0 unspecified atom stereocenters. The molecule has 206 valence electrons. The van der Waals surface area contributed by atoms with Crippen LogP contribution in [-0.2, 0) is 4.74 Å². The maximum atomic E-state index is 11.6. The minimum Gasteiger partial charge on any atom is -0.476 e. The van der Waals surface area contributed by atoms with Gasteiger partial charge in [0.25, 0.3) is 0 Å². The highest BCUT2D eigenvalue weighted by molar-refractivity contribution is 5.88. The molecule has 2 aliphatic heterocycles. The van der Waals surface area contributed by atoms with E-state index in [0.29, 0.717) is 11.3 Å². The van der Waals surface area contributed by atoms with Gasteiger partial charge < -0.3 is 29.4 Å². The molecule has 2 fully saturated rings. The molecule has 1 N–H and O–H groups in total. The minimum absolute atomic E-state index is 0.0848. The fraction of sp³-hybridized carbons (Fsp3) is 0.407. The van der Waals surface area contributed by atoms with Crippen molar-refractivity contribution < 1.29 is 19.4 Å². The second-order valence-corrected chi connectivity index (χ2v) is 9.85. The number of anilines is 2. The van der Waals surface area contributed by atoms with Gasteiger partial charge in [-0.2, -0.15) is 0 Å². The van der Waals surface area contributed by atoms with E-state index in [-0.39, 0.29) is 5.69 Å². The first-order valence-corrected chi connectivity index (χ1v) is 13.0. The summed E-state index contributed by atoms with van der Waals surface area (Å²) in [6, 6.07) is 11.7. The van der Waals surface area contributed by atoms with Crippen LogP contribution in [0.25, 0.3) is 11.3 Å². The Bertz CT molecular complexity index is 1470. The molecule has 0 amide bonds. The Morgan fingerprint density at radius 1 is 0.718 bits per heavy atom. The zero-order valence-electron chi connectivity index (χ0n) is 22.5. The Labute approximate surface area is 226 Å². The number of nitrogens with zero attached hydrogens (tertiary/aromatic N) is 8. The van der Waals surface area contributed by atoms with Crippen molar-refractivity contribution in [2.24, 2.45) is 0 Å². The average Bonchev–Trinajstić information content (AvgIpc) is 3.59. The first-order valence-electron chi connectivity index (χ1n) is 13.0. The summed E-state index contributed by atoms with van der Waals surface area (Å²) >= 11 is 0. The standard InChI is InChI=1S/C14H18N4O2.C13H16N4O2/c1-16-6-8-17(9-7-16)13-5-3-4-12-15-11(10-18(12)13)14(19)20-2;1-15-5-7-16(8-6-15)12-4-2-3-11-14-10(13(18)19)9-17(11)12/h3-5,10H,6-9H2,1-2H3;2-4,9H,5-8H2,1H3,(H,18,19). The van der Waals surface area contributed by atoms with Crippen molar-refractivity contribution in [3.8, 4) is 0 Å². The monoisotopic (exact) mass is 534 g/mol. The number of carbonyl (C=O) groups is 2. The first-order chi connectivity index (χ1) is 18.8. The minimum atomic E-state index is -0.993. The summed E-state index contributed by atoms with van der Waals surface area (Å²) in [4.78, 5) is 40.2. The molecule has 2 aliphatic rings. The molecule has 0 radical (unpaired) electrons. The fourth-order valence-corrected chi connectivity index (χ4v) is 4.88. The lowest BCUT2D eigenvalue weighted by molar-refractivity contribution is 0.0594. The molecule has 39 heavy (non-hydrogen) atoms. The highest BCUT2D eigenvalue weighted by atomic mass is 16.5. The summed E-state index contributed by atoms with van der Waals surface area (Å²) in [5.74, 6) is 0.676. The number of hydrogen-bond donors (Lipinski definition) is 1. The molecular formula is C27H34N8O4. The van der Waals surface area contributed by atoms with E-state index in [1.807, 2.05) is 39.1 Å². The van der Waals surface area contributed by atoms with Gasteiger partial charge in [-0.05, 0) is 38.4 Å². The molecule has 0 bridgehead atoms. The molecule has 0 atom stereocenters. The number of aromatic carboxylic acids is 1. The van der Waals surface area contributed by atoms with Gasteiger partial charge in [0.05, 0.1) is 7.11 Å². The molecule has 12 heteroatoms. The third-order valence-electron chi connectivity index (χ3n) is 7.21. The van der Waals surface area contributed by atoms with Crippen molar-refractivity contribution in [3.63, 3.8) is 0 Å². The largest absolute Gasteiger partial charge is 0.476 e. The van der Waals surface area contributed by atoms with Gasteiger partial charge in [0.15, 0.2) is 11.4 Å². The third-order valence-corrected chi connectivity index (χ3v) is 7.21. The van der Waals surface area contributed by atoms with Gasteiger partial charge in [-0.1, -0.05) is 12.1 Å². The van der Waals surface area contributed by atoms with Gasteiger partial charge in [0.2, 0.25) is 0 Å². The number of imidazole rings is 2. The molecule has 4 aromatic rings. The van der Waals surface area contributed by atoms with Crippen LogP contribution in [0.2, 0.25) is 0 Å². The number of esters is 1. The van der Waals surface area contributed by atoms with Crippen molar-refractivity contribution in [3.05, 3.63) is 60.2 Å². The zero-order chi connectivity index (χ0) is 27.5. The van der Waals surface area contributed by atoms with E-state index in [2.05, 4.69) is 49.7 Å². The van der Waals surface area contributed by atoms with Crippen LogP contribution in [0.5, 0.6) is 0 Å². The van der Waals surface area contributed by atoms with E-state index in [1.165, 1.54) is 7.11 Å². The third kappa shape index (κ3) is 5.66. The molecule has 12 nitrogen and oxygen atoms in total. The van der Waals surface area contributed by atoms with Crippen molar-refractivity contribution >= 4 is 34.9 Å². The van der Waals surface area contributed by atoms with Gasteiger partial charge in [-0.25, -0.2) is 19.6 Å². The SMILES string of the molecule is CN1CCN(c2cccc3nc(C(=O)O)cn23)CC1.COC(=O)c1cn2c(N3CCN(C)CC3)cccc2n1. The smallest absolute Gasteiger partial charge is 0.358 e. The van der Waals surface area contributed by atoms with Gasteiger partial charge >= 0.3 is 11.9 Å². The molecule has 6 heterocycles. The lowest BCUT2D eigenvalue weighted by atomic mass is 10.3. The van der Waals surface area contributed by atoms with Crippen LogP contribution in [-0.4, -0.2) is 119 Å². The van der Waals surface area contributed by atoms with E-state index in [1.54, 1.807) is 12.4 Å². The predicted octanol–water partition coefficient (Wildman–Crippen LogP) is 1.66. The maximum absolute atomic E-state index is 11.6. The Morgan fingerprint density at radius 2 is 1.15 bits per heavy atom. The Balaban J connectivity index is 0.000000158. The number of pyridine rings is 2. The number of rotatable bonds is 4. The number of likely N-dealkylation sites (N-methyl/N-ethyl adjacent to an activating group) is 2. The maximum Gasteiger partial charge on any atom is 0.358 e. The number of fused-ring (bicyclic) bond motifs is 2. The summed E-state index contributed by atoms with van der Waals surface area (Å²) < 4.78 is 8.54. The lowest BCUT2D eigenvalue weighted by Gasteiger charge is -2.34. The summed E-state index contributed by atoms with van der Waals surface area (Å²) in [6.07, 6.45) is 3.33. The number of aromatic nitrogens is 4. The van der Waals surface area contributed by atoms with E-state index >= 15 is 0 Å². The molecule has 0 saturated carbocycles. The number of carboxylic acid groups (broad SMARTS) is 1. The van der Waals surface area contributed by atoms with Crippen LogP contribution in [0.15, 0.2) is 48.8 Å². The Morgan fingerprint density at radius 3 is 1.59 bits per heavy atom. The van der Waals surface area contributed by atoms with Crippen molar-refractivity contribution in [2.45, 2.75) is 0 Å². The second-order valence-electron chi connectivity index (χ2n) is 9.85. The molecule has 6 rings (SSSR count). The average molecular weight is 535 g/mol. The van der Waals surface area contributed by atoms with Gasteiger partial charge in [-0.3, -0.25) is 8.80 Å². The fourth-order valence-electron chi connectivity index (χ4n) is 4.88. The quantitative estimate of drug-likeness (QED) is 0.388. The van der Waals surface area contributed by atoms with E-state index in [9.17, 15) is 9.59 Å².